The lowest BCUT2D eigenvalue weighted by Gasteiger charge is -2.10. The van der Waals surface area contributed by atoms with Gasteiger partial charge in [-0.2, -0.15) is 13.2 Å². The van der Waals surface area contributed by atoms with Crippen LogP contribution in [0.5, 0.6) is 0 Å². The minimum Gasteiger partial charge on any atom is -0.325 e. The van der Waals surface area contributed by atoms with Gasteiger partial charge in [0, 0.05) is 18.7 Å². The number of nitrogens with zero attached hydrogens (tertiary/aromatic N) is 3. The molecule has 30 heavy (non-hydrogen) atoms. The van der Waals surface area contributed by atoms with Crippen LogP contribution in [0.15, 0.2) is 72.4 Å². The van der Waals surface area contributed by atoms with Crippen molar-refractivity contribution < 1.29 is 18.0 Å². The van der Waals surface area contributed by atoms with Crippen molar-refractivity contribution in [3.8, 4) is 0 Å². The molecular formula is C21H19F3N4OS. The van der Waals surface area contributed by atoms with E-state index in [1.807, 2.05) is 34.9 Å². The van der Waals surface area contributed by atoms with Gasteiger partial charge >= 0.3 is 6.18 Å². The summed E-state index contributed by atoms with van der Waals surface area (Å²) in [4.78, 5) is 12.2. The van der Waals surface area contributed by atoms with E-state index in [1.54, 1.807) is 6.08 Å². The van der Waals surface area contributed by atoms with Crippen LogP contribution < -0.4 is 5.32 Å². The molecule has 3 rings (SSSR count). The van der Waals surface area contributed by atoms with E-state index < -0.39 is 17.6 Å². The number of nitrogens with one attached hydrogen (secondary N) is 1. The Morgan fingerprint density at radius 3 is 2.60 bits per heavy atom. The molecule has 1 amide bonds. The molecule has 0 radical (unpaired) electrons. The van der Waals surface area contributed by atoms with Crippen LogP contribution in [0.2, 0.25) is 0 Å². The van der Waals surface area contributed by atoms with Crippen molar-refractivity contribution in [1.29, 1.82) is 0 Å². The minimum absolute atomic E-state index is 0.0170. The number of carbonyl (C=O) groups excluding carboxylic acids is 1. The molecule has 0 saturated heterocycles. The first kappa shape index (κ1) is 21.6. The number of carbonyl (C=O) groups is 1. The molecule has 0 saturated carbocycles. The standard InChI is InChI=1S/C21H19F3N4OS/c1-2-11-28-18(12-15-7-4-3-5-8-15)26-27-20(28)30-14-19(29)25-17-10-6-9-16(13-17)21(22,23)24/h2-10,13H,1,11-12,14H2,(H,25,29). The number of anilines is 1. The molecule has 156 valence electrons. The number of halogens is 3. The largest absolute Gasteiger partial charge is 0.416 e. The minimum atomic E-state index is -4.47. The molecule has 0 aliphatic carbocycles. The topological polar surface area (TPSA) is 59.8 Å². The van der Waals surface area contributed by atoms with Crippen LogP contribution >= 0.6 is 11.8 Å². The molecule has 0 fully saturated rings. The molecule has 0 aliphatic rings. The Morgan fingerprint density at radius 2 is 1.90 bits per heavy atom. The predicted octanol–water partition coefficient (Wildman–Crippen LogP) is 4.80. The first-order valence-electron chi connectivity index (χ1n) is 9.03. The highest BCUT2D eigenvalue weighted by atomic mass is 32.2. The van der Waals surface area contributed by atoms with Gasteiger partial charge in [0.05, 0.1) is 11.3 Å². The molecule has 5 nitrogen and oxygen atoms in total. The second kappa shape index (κ2) is 9.62. The van der Waals surface area contributed by atoms with Gasteiger partial charge in [0.15, 0.2) is 5.16 Å². The normalized spacial score (nSPS) is 11.3. The Hall–Kier alpha value is -3.07. The summed E-state index contributed by atoms with van der Waals surface area (Å²) in [5, 5.41) is 11.4. The SMILES string of the molecule is C=CCn1c(Cc2ccccc2)nnc1SCC(=O)Nc1cccc(C(F)(F)F)c1. The Balaban J connectivity index is 1.65. The van der Waals surface area contributed by atoms with Crippen LogP contribution in [0.25, 0.3) is 0 Å². The average molecular weight is 432 g/mol. The zero-order valence-corrected chi connectivity index (χ0v) is 16.7. The van der Waals surface area contributed by atoms with Crippen molar-refractivity contribution >= 4 is 23.4 Å². The molecule has 2 aromatic carbocycles. The Kier molecular flexibility index (Phi) is 6.94. The number of thioether (sulfide) groups is 1. The molecule has 3 aromatic rings. The van der Waals surface area contributed by atoms with E-state index in [0.717, 1.165) is 35.3 Å². The summed E-state index contributed by atoms with van der Waals surface area (Å²) in [5.74, 6) is 0.288. The van der Waals surface area contributed by atoms with Crippen molar-refractivity contribution in [2.45, 2.75) is 24.3 Å². The van der Waals surface area contributed by atoms with E-state index >= 15 is 0 Å². The van der Waals surface area contributed by atoms with Crippen molar-refractivity contribution in [1.82, 2.24) is 14.8 Å². The van der Waals surface area contributed by atoms with Gasteiger partial charge in [-0.3, -0.25) is 4.79 Å². The number of amides is 1. The summed E-state index contributed by atoms with van der Waals surface area (Å²) >= 11 is 1.16. The molecule has 0 unspecified atom stereocenters. The quantitative estimate of drug-likeness (QED) is 0.410. The Labute approximate surface area is 176 Å². The summed E-state index contributed by atoms with van der Waals surface area (Å²) in [6.45, 7) is 4.23. The molecular weight excluding hydrogens is 413 g/mol. The number of aromatic nitrogens is 3. The Morgan fingerprint density at radius 1 is 1.13 bits per heavy atom. The number of benzene rings is 2. The molecule has 0 bridgehead atoms. The molecule has 9 heteroatoms. The van der Waals surface area contributed by atoms with E-state index in [4.69, 9.17) is 0 Å². The van der Waals surface area contributed by atoms with E-state index in [0.29, 0.717) is 18.1 Å². The van der Waals surface area contributed by atoms with Crippen LogP contribution in [-0.2, 0) is 23.9 Å². The van der Waals surface area contributed by atoms with Gasteiger partial charge < -0.3 is 9.88 Å². The fourth-order valence-electron chi connectivity index (χ4n) is 2.75. The highest BCUT2D eigenvalue weighted by Gasteiger charge is 2.30. The molecule has 1 aromatic heterocycles. The van der Waals surface area contributed by atoms with E-state index in [9.17, 15) is 18.0 Å². The maximum atomic E-state index is 12.8. The second-order valence-electron chi connectivity index (χ2n) is 6.38. The zero-order valence-electron chi connectivity index (χ0n) is 15.9. The predicted molar refractivity (Wildman–Crippen MR) is 110 cm³/mol. The molecule has 1 N–H and O–H groups in total. The van der Waals surface area contributed by atoms with Crippen molar-refractivity contribution in [3.05, 3.63) is 84.2 Å². The third-order valence-electron chi connectivity index (χ3n) is 4.12. The van der Waals surface area contributed by atoms with Crippen molar-refractivity contribution in [2.24, 2.45) is 0 Å². The number of hydrogen-bond acceptors (Lipinski definition) is 4. The number of alkyl halides is 3. The van der Waals surface area contributed by atoms with Gasteiger partial charge in [0.2, 0.25) is 5.91 Å². The van der Waals surface area contributed by atoms with Gasteiger partial charge in [0.25, 0.3) is 0 Å². The van der Waals surface area contributed by atoms with Crippen molar-refractivity contribution in [3.63, 3.8) is 0 Å². The summed E-state index contributed by atoms with van der Waals surface area (Å²) in [5.41, 5.74) is 0.353. The molecule has 1 heterocycles. The maximum Gasteiger partial charge on any atom is 0.416 e. The first-order chi connectivity index (χ1) is 14.4. The lowest BCUT2D eigenvalue weighted by Crippen LogP contribution is -2.15. The second-order valence-corrected chi connectivity index (χ2v) is 7.32. The van der Waals surface area contributed by atoms with Gasteiger partial charge in [0.1, 0.15) is 5.82 Å². The van der Waals surface area contributed by atoms with Gasteiger partial charge in [-0.25, -0.2) is 0 Å². The smallest absolute Gasteiger partial charge is 0.325 e. The average Bonchev–Trinajstić information content (AvgIpc) is 3.08. The monoisotopic (exact) mass is 432 g/mol. The number of rotatable bonds is 8. The summed E-state index contributed by atoms with van der Waals surface area (Å²) in [6, 6.07) is 14.3. The summed E-state index contributed by atoms with van der Waals surface area (Å²) in [7, 11) is 0. The third-order valence-corrected chi connectivity index (χ3v) is 5.08. The maximum absolute atomic E-state index is 12.8. The van der Waals surface area contributed by atoms with E-state index in [-0.39, 0.29) is 11.4 Å². The van der Waals surface area contributed by atoms with E-state index in [1.165, 1.54) is 12.1 Å². The van der Waals surface area contributed by atoms with Crippen LogP contribution in [-0.4, -0.2) is 26.4 Å². The van der Waals surface area contributed by atoms with Crippen LogP contribution in [0.1, 0.15) is 17.0 Å². The van der Waals surface area contributed by atoms with Crippen LogP contribution in [0, 0.1) is 0 Å². The third kappa shape index (κ3) is 5.73. The van der Waals surface area contributed by atoms with Gasteiger partial charge in [-0.15, -0.1) is 16.8 Å². The lowest BCUT2D eigenvalue weighted by atomic mass is 10.1. The van der Waals surface area contributed by atoms with Crippen LogP contribution in [0.4, 0.5) is 18.9 Å². The van der Waals surface area contributed by atoms with Gasteiger partial charge in [-0.05, 0) is 23.8 Å². The van der Waals surface area contributed by atoms with Crippen LogP contribution in [0.3, 0.4) is 0 Å². The van der Waals surface area contributed by atoms with Gasteiger partial charge in [-0.1, -0.05) is 54.2 Å². The van der Waals surface area contributed by atoms with E-state index in [2.05, 4.69) is 22.1 Å². The summed E-state index contributed by atoms with van der Waals surface area (Å²) < 4.78 is 40.3. The Bertz CT molecular complexity index is 1020. The number of allylic oxidation sites excluding steroid dienone is 1. The first-order valence-corrected chi connectivity index (χ1v) is 10.0. The zero-order chi connectivity index (χ0) is 21.6. The highest BCUT2D eigenvalue weighted by Crippen LogP contribution is 2.30. The fraction of sp³-hybridized carbons (Fsp3) is 0.190. The molecule has 0 spiro atoms. The highest BCUT2D eigenvalue weighted by molar-refractivity contribution is 7.99. The summed E-state index contributed by atoms with van der Waals surface area (Å²) in [6.07, 6.45) is -2.17. The lowest BCUT2D eigenvalue weighted by molar-refractivity contribution is -0.137. The molecule has 0 aliphatic heterocycles. The number of hydrogen-bond donors (Lipinski definition) is 1. The fourth-order valence-corrected chi connectivity index (χ4v) is 3.51. The van der Waals surface area contributed by atoms with Crippen molar-refractivity contribution in [2.75, 3.05) is 11.1 Å². The molecule has 0 atom stereocenters.